The summed E-state index contributed by atoms with van der Waals surface area (Å²) in [4.78, 5) is 5.72. The van der Waals surface area contributed by atoms with Crippen molar-refractivity contribution in [1.29, 1.82) is 0 Å². The van der Waals surface area contributed by atoms with Crippen molar-refractivity contribution < 1.29 is 18.6 Å². The summed E-state index contributed by atoms with van der Waals surface area (Å²) in [5.41, 5.74) is 4.21. The second-order valence-corrected chi connectivity index (χ2v) is 7.63. The molecule has 1 heterocycles. The number of hydrogen-bond acceptors (Lipinski definition) is 8. The molecule has 8 heteroatoms. The molecule has 0 spiro atoms. The predicted octanol–water partition coefficient (Wildman–Crippen LogP) is 5.49. The Morgan fingerprint density at radius 3 is 2.32 bits per heavy atom. The van der Waals surface area contributed by atoms with Crippen LogP contribution in [0.25, 0.3) is 22.2 Å². The van der Waals surface area contributed by atoms with Gasteiger partial charge >= 0.3 is 0 Å². The maximum atomic E-state index is 6.10. The molecule has 7 nitrogen and oxygen atoms in total. The van der Waals surface area contributed by atoms with Crippen LogP contribution in [-0.4, -0.2) is 33.4 Å². The molecule has 1 aromatic heterocycles. The highest BCUT2D eigenvalue weighted by Gasteiger charge is 2.16. The minimum atomic E-state index is 0.373. The van der Waals surface area contributed by atoms with Gasteiger partial charge in [-0.05, 0) is 42.8 Å². The first kappa shape index (κ1) is 20.9. The summed E-state index contributed by atoms with van der Waals surface area (Å²) in [5, 5.41) is 3.20. The first-order chi connectivity index (χ1) is 15.2. The van der Waals surface area contributed by atoms with Gasteiger partial charge in [-0.15, -0.1) is 0 Å². The molecule has 0 bridgehead atoms. The van der Waals surface area contributed by atoms with Gasteiger partial charge in [0.1, 0.15) is 5.52 Å². The van der Waals surface area contributed by atoms with Crippen molar-refractivity contribution in [1.82, 2.24) is 9.71 Å². The minimum Gasteiger partial charge on any atom is -0.493 e. The quantitative estimate of drug-likeness (QED) is 0.350. The van der Waals surface area contributed by atoms with Crippen LogP contribution in [0.1, 0.15) is 0 Å². The zero-order chi connectivity index (χ0) is 21.8. The van der Waals surface area contributed by atoms with E-state index in [1.807, 2.05) is 31.3 Å². The van der Waals surface area contributed by atoms with Gasteiger partial charge in [-0.3, -0.25) is 4.72 Å². The smallest absolute Gasteiger partial charge is 0.300 e. The van der Waals surface area contributed by atoms with Gasteiger partial charge in [0, 0.05) is 28.3 Å². The maximum absolute atomic E-state index is 6.10. The second kappa shape index (κ2) is 9.20. The van der Waals surface area contributed by atoms with Crippen LogP contribution in [0.2, 0.25) is 0 Å². The van der Waals surface area contributed by atoms with Gasteiger partial charge in [0.25, 0.3) is 6.01 Å². The fraction of sp³-hybridized carbons (Fsp3) is 0.174. The van der Waals surface area contributed by atoms with Gasteiger partial charge in [-0.1, -0.05) is 24.3 Å². The van der Waals surface area contributed by atoms with Crippen LogP contribution in [-0.2, 0) is 0 Å². The number of anilines is 2. The molecular formula is C23H23N3O4S. The van der Waals surface area contributed by atoms with Crippen molar-refractivity contribution in [3.8, 4) is 28.4 Å². The van der Waals surface area contributed by atoms with Crippen LogP contribution in [0.3, 0.4) is 0 Å². The zero-order valence-corrected chi connectivity index (χ0v) is 18.5. The lowest BCUT2D eigenvalue weighted by Gasteiger charge is -2.14. The van der Waals surface area contributed by atoms with Crippen molar-refractivity contribution in [3.05, 3.63) is 54.6 Å². The van der Waals surface area contributed by atoms with Gasteiger partial charge in [0.2, 0.25) is 5.75 Å². The SMILES string of the molecule is CNSc1cccc(-c2cccc3nc(Nc4cc(OC)c(OC)c(OC)c4)oc23)c1. The Bertz CT molecular complexity index is 1180. The first-order valence-corrected chi connectivity index (χ1v) is 10.4. The Morgan fingerprint density at radius 2 is 1.65 bits per heavy atom. The average Bonchev–Trinajstić information content (AvgIpc) is 3.21. The summed E-state index contributed by atoms with van der Waals surface area (Å²) in [6.45, 7) is 0. The molecular weight excluding hydrogens is 414 g/mol. The van der Waals surface area contributed by atoms with E-state index in [-0.39, 0.29) is 0 Å². The van der Waals surface area contributed by atoms with Crippen molar-refractivity contribution in [3.63, 3.8) is 0 Å². The number of nitrogens with zero attached hydrogens (tertiary/aromatic N) is 1. The van der Waals surface area contributed by atoms with E-state index in [1.54, 1.807) is 45.4 Å². The number of hydrogen-bond donors (Lipinski definition) is 2. The highest BCUT2D eigenvalue weighted by atomic mass is 32.2. The standard InChI is InChI=1S/C23H23N3O4S/c1-24-31-16-8-5-7-14(11-16)17-9-6-10-18-21(17)30-23(26-18)25-15-12-19(27-2)22(29-4)20(13-15)28-3/h5-13,24H,1-4H3,(H,25,26). The van der Waals surface area contributed by atoms with Crippen LogP contribution in [0.5, 0.6) is 17.2 Å². The summed E-state index contributed by atoms with van der Waals surface area (Å²) in [5.74, 6) is 1.61. The molecule has 2 N–H and O–H groups in total. The number of para-hydroxylation sites is 1. The normalized spacial score (nSPS) is 10.8. The van der Waals surface area contributed by atoms with Crippen LogP contribution in [0.15, 0.2) is 63.9 Å². The second-order valence-electron chi connectivity index (χ2n) is 6.55. The molecule has 4 aromatic rings. The van der Waals surface area contributed by atoms with Crippen LogP contribution in [0, 0.1) is 0 Å². The number of oxazole rings is 1. The predicted molar refractivity (Wildman–Crippen MR) is 124 cm³/mol. The van der Waals surface area contributed by atoms with Gasteiger partial charge in [-0.25, -0.2) is 0 Å². The van der Waals surface area contributed by atoms with Crippen LogP contribution >= 0.6 is 11.9 Å². The largest absolute Gasteiger partial charge is 0.493 e. The van der Waals surface area contributed by atoms with Crippen molar-refractivity contribution in [2.45, 2.75) is 4.90 Å². The Kier molecular flexibility index (Phi) is 6.20. The summed E-state index contributed by atoms with van der Waals surface area (Å²) in [6, 6.07) is 18.2. The molecule has 0 aliphatic carbocycles. The first-order valence-electron chi connectivity index (χ1n) is 9.57. The molecule has 0 saturated heterocycles. The summed E-state index contributed by atoms with van der Waals surface area (Å²) >= 11 is 1.56. The molecule has 0 unspecified atom stereocenters. The lowest BCUT2D eigenvalue weighted by Crippen LogP contribution is -1.97. The molecule has 0 saturated carbocycles. The van der Waals surface area contributed by atoms with Gasteiger partial charge in [-0.2, -0.15) is 4.98 Å². The Hall–Kier alpha value is -3.36. The lowest BCUT2D eigenvalue weighted by molar-refractivity contribution is 0.324. The number of fused-ring (bicyclic) bond motifs is 1. The fourth-order valence-electron chi connectivity index (χ4n) is 3.35. The Balaban J connectivity index is 1.71. The van der Waals surface area contributed by atoms with Crippen molar-refractivity contribution >= 4 is 34.7 Å². The third-order valence-corrected chi connectivity index (χ3v) is 5.39. The Morgan fingerprint density at radius 1 is 0.903 bits per heavy atom. The van der Waals surface area contributed by atoms with E-state index >= 15 is 0 Å². The van der Waals surface area contributed by atoms with E-state index < -0.39 is 0 Å². The molecule has 0 fully saturated rings. The summed E-state index contributed by atoms with van der Waals surface area (Å²) in [6.07, 6.45) is 0. The number of methoxy groups -OCH3 is 3. The highest BCUT2D eigenvalue weighted by molar-refractivity contribution is 7.97. The highest BCUT2D eigenvalue weighted by Crippen LogP contribution is 2.41. The number of ether oxygens (including phenoxy) is 3. The van der Waals surface area contributed by atoms with Gasteiger partial charge < -0.3 is 23.9 Å². The molecule has 0 aliphatic heterocycles. The van der Waals surface area contributed by atoms with E-state index in [1.165, 1.54) is 0 Å². The molecule has 0 amide bonds. The fourth-order valence-corrected chi connectivity index (χ4v) is 3.92. The van der Waals surface area contributed by atoms with E-state index in [0.717, 1.165) is 21.5 Å². The Labute approximate surface area is 184 Å². The van der Waals surface area contributed by atoms with Crippen molar-refractivity contribution in [2.24, 2.45) is 0 Å². The molecule has 0 radical (unpaired) electrons. The number of nitrogens with one attached hydrogen (secondary N) is 2. The molecule has 160 valence electrons. The molecule has 3 aromatic carbocycles. The van der Waals surface area contributed by atoms with E-state index in [0.29, 0.717) is 34.5 Å². The molecule has 4 rings (SSSR count). The maximum Gasteiger partial charge on any atom is 0.300 e. The number of aromatic nitrogens is 1. The average molecular weight is 438 g/mol. The molecule has 0 aliphatic rings. The monoisotopic (exact) mass is 437 g/mol. The van der Waals surface area contributed by atoms with Crippen LogP contribution < -0.4 is 24.2 Å². The number of benzene rings is 3. The topological polar surface area (TPSA) is 77.8 Å². The minimum absolute atomic E-state index is 0.373. The van der Waals surface area contributed by atoms with Crippen LogP contribution in [0.4, 0.5) is 11.7 Å². The van der Waals surface area contributed by atoms with E-state index in [9.17, 15) is 0 Å². The van der Waals surface area contributed by atoms with Gasteiger partial charge in [0.15, 0.2) is 17.1 Å². The van der Waals surface area contributed by atoms with Gasteiger partial charge in [0.05, 0.1) is 21.3 Å². The molecule has 0 atom stereocenters. The third kappa shape index (κ3) is 4.26. The molecule has 31 heavy (non-hydrogen) atoms. The van der Waals surface area contributed by atoms with E-state index in [4.69, 9.17) is 18.6 Å². The third-order valence-electron chi connectivity index (χ3n) is 4.70. The number of rotatable bonds is 8. The summed E-state index contributed by atoms with van der Waals surface area (Å²) < 4.78 is 25.4. The van der Waals surface area contributed by atoms with E-state index in [2.05, 4.69) is 33.2 Å². The summed E-state index contributed by atoms with van der Waals surface area (Å²) in [7, 11) is 6.62. The lowest BCUT2D eigenvalue weighted by atomic mass is 10.1. The van der Waals surface area contributed by atoms with Crippen molar-refractivity contribution in [2.75, 3.05) is 33.7 Å². The zero-order valence-electron chi connectivity index (χ0n) is 17.7.